The number of carbonyl (C=O) groups excluding carboxylic acids is 1. The molecule has 0 radical (unpaired) electrons. The molecule has 1 aliphatic heterocycles. The van der Waals surface area contributed by atoms with Crippen LogP contribution in [0.4, 0.5) is 18.0 Å². The summed E-state index contributed by atoms with van der Waals surface area (Å²) < 4.78 is 45.4. The summed E-state index contributed by atoms with van der Waals surface area (Å²) in [5.41, 5.74) is -0.303. The van der Waals surface area contributed by atoms with Gasteiger partial charge in [-0.3, -0.25) is 5.32 Å². The highest BCUT2D eigenvalue weighted by Gasteiger charge is 2.46. The monoisotopic (exact) mass is 443 g/mol. The van der Waals surface area contributed by atoms with Crippen molar-refractivity contribution in [1.82, 2.24) is 15.2 Å². The van der Waals surface area contributed by atoms with Gasteiger partial charge < -0.3 is 9.64 Å². The minimum atomic E-state index is -4.51. The van der Waals surface area contributed by atoms with Crippen LogP contribution in [0.15, 0.2) is 16.7 Å². The van der Waals surface area contributed by atoms with Crippen molar-refractivity contribution in [3.05, 3.63) is 27.5 Å². The molecule has 1 aliphatic rings. The van der Waals surface area contributed by atoms with E-state index in [1.807, 2.05) is 0 Å². The average molecular weight is 445 g/mol. The van der Waals surface area contributed by atoms with E-state index in [1.165, 1.54) is 6.07 Å². The maximum absolute atomic E-state index is 13.3. The first kappa shape index (κ1) is 20.3. The van der Waals surface area contributed by atoms with Gasteiger partial charge in [0.25, 0.3) is 0 Å². The second-order valence-corrected chi connectivity index (χ2v) is 7.94. The number of hydrogen-bond donors (Lipinski definition) is 1. The Kier molecular flexibility index (Phi) is 5.90. The molecule has 0 aliphatic carbocycles. The third-order valence-corrected chi connectivity index (χ3v) is 4.04. The summed E-state index contributed by atoms with van der Waals surface area (Å²) >= 11 is 9.05. The molecule has 2 atom stereocenters. The summed E-state index contributed by atoms with van der Waals surface area (Å²) in [6.07, 6.45) is -5.29. The Morgan fingerprint density at radius 2 is 2.00 bits per heavy atom. The van der Waals surface area contributed by atoms with Crippen LogP contribution in [0.25, 0.3) is 0 Å². The van der Waals surface area contributed by atoms with Gasteiger partial charge in [-0.1, -0.05) is 11.6 Å². The second-order valence-electron chi connectivity index (χ2n) is 6.74. The zero-order valence-corrected chi connectivity index (χ0v) is 16.2. The molecule has 0 bridgehead atoms. The van der Waals surface area contributed by atoms with E-state index in [9.17, 15) is 18.0 Å². The van der Waals surface area contributed by atoms with Crippen molar-refractivity contribution in [1.29, 1.82) is 0 Å². The summed E-state index contributed by atoms with van der Waals surface area (Å²) in [6, 6.07) is 0.403. The number of hydrogen-bond acceptors (Lipinski definition) is 4. The van der Waals surface area contributed by atoms with Gasteiger partial charge in [-0.2, -0.15) is 13.2 Å². The number of nitrogens with one attached hydrogen (secondary N) is 1. The molecule has 25 heavy (non-hydrogen) atoms. The number of rotatable bonds is 1. The number of halogens is 5. The van der Waals surface area contributed by atoms with E-state index in [0.717, 1.165) is 4.90 Å². The number of aromatic nitrogens is 1. The van der Waals surface area contributed by atoms with Gasteiger partial charge in [-0.15, -0.1) is 0 Å². The third-order valence-electron chi connectivity index (χ3n) is 3.44. The van der Waals surface area contributed by atoms with Crippen molar-refractivity contribution in [3.8, 4) is 0 Å². The number of alkyl halides is 3. The highest BCUT2D eigenvalue weighted by atomic mass is 79.9. The molecule has 1 unspecified atom stereocenters. The molecule has 1 amide bonds. The quantitative estimate of drug-likeness (QED) is 0.656. The first-order chi connectivity index (χ1) is 11.3. The third kappa shape index (κ3) is 5.72. The van der Waals surface area contributed by atoms with Crippen LogP contribution in [0.5, 0.6) is 0 Å². The van der Waals surface area contributed by atoms with E-state index in [0.29, 0.717) is 10.2 Å². The summed E-state index contributed by atoms with van der Waals surface area (Å²) in [7, 11) is 0. The highest BCUT2D eigenvalue weighted by Crippen LogP contribution is 2.30. The Balaban J connectivity index is 2.29. The lowest BCUT2D eigenvalue weighted by molar-refractivity contribution is -0.167. The van der Waals surface area contributed by atoms with Crippen LogP contribution in [-0.4, -0.2) is 46.9 Å². The van der Waals surface area contributed by atoms with Gasteiger partial charge in [-0.25, -0.2) is 9.78 Å². The van der Waals surface area contributed by atoms with Gasteiger partial charge in [0, 0.05) is 13.1 Å². The van der Waals surface area contributed by atoms with Gasteiger partial charge in [0.1, 0.15) is 21.4 Å². The molecule has 2 rings (SSSR count). The van der Waals surface area contributed by atoms with E-state index in [-0.39, 0.29) is 11.7 Å². The number of piperazine rings is 1. The first-order valence-electron chi connectivity index (χ1n) is 7.49. The predicted octanol–water partition coefficient (Wildman–Crippen LogP) is 4.31. The van der Waals surface area contributed by atoms with E-state index in [4.69, 9.17) is 16.3 Å². The molecule has 1 N–H and O–H groups in total. The largest absolute Gasteiger partial charge is 0.444 e. The molecule has 5 nitrogen and oxygen atoms in total. The normalized spacial score (nSPS) is 22.0. The van der Waals surface area contributed by atoms with Crippen LogP contribution in [0.3, 0.4) is 0 Å². The lowest BCUT2D eigenvalue weighted by Gasteiger charge is -2.40. The van der Waals surface area contributed by atoms with Crippen molar-refractivity contribution in [2.75, 3.05) is 13.1 Å². The highest BCUT2D eigenvalue weighted by molar-refractivity contribution is 9.10. The summed E-state index contributed by atoms with van der Waals surface area (Å²) in [5, 5.41) is 2.67. The van der Waals surface area contributed by atoms with E-state index in [2.05, 4.69) is 26.2 Å². The fraction of sp³-hybridized carbons (Fsp3) is 0.600. The van der Waals surface area contributed by atoms with Crippen LogP contribution in [0.2, 0.25) is 5.15 Å². The zero-order valence-electron chi connectivity index (χ0n) is 13.8. The van der Waals surface area contributed by atoms with E-state index < -0.39 is 36.5 Å². The minimum absolute atomic E-state index is 0.0221. The van der Waals surface area contributed by atoms with Crippen LogP contribution in [0, 0.1) is 0 Å². The smallest absolute Gasteiger partial charge is 0.410 e. The molecule has 140 valence electrons. The zero-order chi connectivity index (χ0) is 19.0. The van der Waals surface area contributed by atoms with Gasteiger partial charge in [0.15, 0.2) is 0 Å². The lowest BCUT2D eigenvalue weighted by Crippen LogP contribution is -2.59. The molecule has 1 fully saturated rings. The van der Waals surface area contributed by atoms with Gasteiger partial charge in [0.2, 0.25) is 0 Å². The summed E-state index contributed by atoms with van der Waals surface area (Å²) in [4.78, 5) is 17.2. The molecule has 0 spiro atoms. The number of carbonyl (C=O) groups is 1. The average Bonchev–Trinajstić information content (AvgIpc) is 2.43. The summed E-state index contributed by atoms with van der Waals surface area (Å²) in [6.45, 7) is 4.48. The number of pyridine rings is 1. The molecular weight excluding hydrogens is 427 g/mol. The Labute approximate surface area is 157 Å². The van der Waals surface area contributed by atoms with Gasteiger partial charge in [-0.05, 0) is 54.4 Å². The Morgan fingerprint density at radius 3 is 2.52 bits per heavy atom. The molecule has 10 heteroatoms. The number of amides is 1. The van der Waals surface area contributed by atoms with Gasteiger partial charge >= 0.3 is 12.3 Å². The molecule has 0 saturated carbocycles. The molecular formula is C15H18BrClF3N3O2. The fourth-order valence-electron chi connectivity index (χ4n) is 2.42. The van der Waals surface area contributed by atoms with Crippen molar-refractivity contribution in [2.45, 2.75) is 44.6 Å². The van der Waals surface area contributed by atoms with Crippen molar-refractivity contribution in [3.63, 3.8) is 0 Å². The second kappa shape index (κ2) is 7.28. The molecule has 1 aromatic rings. The molecule has 1 saturated heterocycles. The predicted molar refractivity (Wildman–Crippen MR) is 90.5 cm³/mol. The maximum Gasteiger partial charge on any atom is 0.410 e. The first-order valence-corrected chi connectivity index (χ1v) is 8.66. The van der Waals surface area contributed by atoms with Crippen molar-refractivity contribution >= 4 is 33.6 Å². The standard InChI is InChI=1S/C15H18BrClF3N3O2/c1-14(2,3)25-13(24)23-6-9(21-10(7-23)15(18,19)20)8-4-11(16)22-12(17)5-8/h4-5,9-10,21H,6-7H2,1-3H3/t9-,10?/m0/s1. The number of ether oxygens (including phenoxy) is 1. The Bertz CT molecular complexity index is 632. The van der Waals surface area contributed by atoms with Crippen molar-refractivity contribution in [2.24, 2.45) is 0 Å². The van der Waals surface area contributed by atoms with Crippen LogP contribution in [0.1, 0.15) is 32.4 Å². The Hall–Kier alpha value is -1.06. The van der Waals surface area contributed by atoms with Crippen LogP contribution < -0.4 is 5.32 Å². The SMILES string of the molecule is CC(C)(C)OC(=O)N1CC(C(F)(F)F)N[C@H](c2cc(Cl)nc(Br)c2)C1. The topological polar surface area (TPSA) is 54.5 Å². The van der Waals surface area contributed by atoms with Crippen molar-refractivity contribution < 1.29 is 22.7 Å². The summed E-state index contributed by atoms with van der Waals surface area (Å²) in [5.74, 6) is 0. The maximum atomic E-state index is 13.3. The van der Waals surface area contributed by atoms with Gasteiger partial charge in [0.05, 0.1) is 6.04 Å². The van der Waals surface area contributed by atoms with E-state index in [1.54, 1.807) is 26.8 Å². The van der Waals surface area contributed by atoms with E-state index >= 15 is 0 Å². The van der Waals surface area contributed by atoms with Crippen LogP contribution >= 0.6 is 27.5 Å². The number of nitrogens with zero attached hydrogens (tertiary/aromatic N) is 2. The Morgan fingerprint density at radius 1 is 1.36 bits per heavy atom. The fourth-order valence-corrected chi connectivity index (χ4v) is 3.20. The molecule has 0 aromatic carbocycles. The van der Waals surface area contributed by atoms with Crippen LogP contribution in [-0.2, 0) is 4.74 Å². The lowest BCUT2D eigenvalue weighted by atomic mass is 10.0. The minimum Gasteiger partial charge on any atom is -0.444 e. The molecule has 2 heterocycles. The molecule has 1 aromatic heterocycles.